The highest BCUT2D eigenvalue weighted by Gasteiger charge is 2.08. The van der Waals surface area contributed by atoms with Gasteiger partial charge in [-0.25, -0.2) is 4.98 Å². The molecule has 0 fully saturated rings. The van der Waals surface area contributed by atoms with E-state index in [0.29, 0.717) is 23.6 Å². The summed E-state index contributed by atoms with van der Waals surface area (Å²) in [7, 11) is 1.49. The van der Waals surface area contributed by atoms with E-state index in [9.17, 15) is 4.79 Å². The normalized spacial score (nSPS) is 9.91. The van der Waals surface area contributed by atoms with Gasteiger partial charge < -0.3 is 19.4 Å². The molecule has 0 aliphatic carbocycles. The third kappa shape index (κ3) is 5.04. The second kappa shape index (κ2) is 8.44. The maximum absolute atomic E-state index is 11.8. The molecule has 2 aromatic rings. The molecule has 0 spiro atoms. The first kappa shape index (κ1) is 16.4. The molecule has 1 N–H and O–H groups in total. The average Bonchev–Trinajstić information content (AvgIpc) is 3.10. The molecule has 0 atom stereocenters. The SMILES string of the molecule is COc1cc(C#N)ccc1OCC(=O)NCCCn1ccnc1. The van der Waals surface area contributed by atoms with E-state index in [1.54, 1.807) is 30.7 Å². The van der Waals surface area contributed by atoms with E-state index >= 15 is 0 Å². The van der Waals surface area contributed by atoms with Crippen LogP contribution in [-0.2, 0) is 11.3 Å². The van der Waals surface area contributed by atoms with E-state index in [1.165, 1.54) is 7.11 Å². The predicted molar refractivity (Wildman–Crippen MR) is 83.1 cm³/mol. The Morgan fingerprint density at radius 3 is 3.00 bits per heavy atom. The van der Waals surface area contributed by atoms with Crippen LogP contribution in [0.4, 0.5) is 0 Å². The maximum atomic E-state index is 11.8. The fourth-order valence-corrected chi connectivity index (χ4v) is 1.96. The highest BCUT2D eigenvalue weighted by Crippen LogP contribution is 2.27. The predicted octanol–water partition coefficient (Wildman–Crippen LogP) is 1.35. The largest absolute Gasteiger partial charge is 0.493 e. The van der Waals surface area contributed by atoms with Crippen molar-refractivity contribution in [2.45, 2.75) is 13.0 Å². The number of benzene rings is 1. The second-order valence-corrected chi connectivity index (χ2v) is 4.77. The molecule has 0 saturated carbocycles. The van der Waals surface area contributed by atoms with Gasteiger partial charge in [0.1, 0.15) is 0 Å². The molecule has 120 valence electrons. The van der Waals surface area contributed by atoms with Gasteiger partial charge in [-0.1, -0.05) is 0 Å². The topological polar surface area (TPSA) is 89.2 Å². The smallest absolute Gasteiger partial charge is 0.257 e. The Hall–Kier alpha value is -3.01. The van der Waals surface area contributed by atoms with E-state index in [-0.39, 0.29) is 12.5 Å². The molecule has 0 radical (unpaired) electrons. The van der Waals surface area contributed by atoms with Crippen LogP contribution < -0.4 is 14.8 Å². The van der Waals surface area contributed by atoms with E-state index < -0.39 is 0 Å². The number of nitrogens with zero attached hydrogens (tertiary/aromatic N) is 3. The second-order valence-electron chi connectivity index (χ2n) is 4.77. The Balaban J connectivity index is 1.72. The van der Waals surface area contributed by atoms with Crippen LogP contribution in [0.25, 0.3) is 0 Å². The van der Waals surface area contributed by atoms with Crippen molar-refractivity contribution in [2.24, 2.45) is 0 Å². The van der Waals surface area contributed by atoms with Crippen molar-refractivity contribution < 1.29 is 14.3 Å². The number of carbonyl (C=O) groups is 1. The average molecular weight is 314 g/mol. The molecule has 0 saturated heterocycles. The monoisotopic (exact) mass is 314 g/mol. The Morgan fingerprint density at radius 2 is 2.30 bits per heavy atom. The zero-order valence-corrected chi connectivity index (χ0v) is 12.9. The zero-order chi connectivity index (χ0) is 16.5. The number of rotatable bonds is 8. The Morgan fingerprint density at radius 1 is 1.43 bits per heavy atom. The van der Waals surface area contributed by atoms with Gasteiger partial charge >= 0.3 is 0 Å². The van der Waals surface area contributed by atoms with Gasteiger partial charge in [0, 0.05) is 31.5 Å². The first-order chi connectivity index (χ1) is 11.2. The summed E-state index contributed by atoms with van der Waals surface area (Å²) in [5.74, 6) is 0.652. The lowest BCUT2D eigenvalue weighted by molar-refractivity contribution is -0.123. The Labute approximate surface area is 134 Å². The molecule has 7 nitrogen and oxygen atoms in total. The number of nitrogens with one attached hydrogen (secondary N) is 1. The summed E-state index contributed by atoms with van der Waals surface area (Å²) in [5.41, 5.74) is 0.471. The van der Waals surface area contributed by atoms with Crippen LogP contribution in [0.2, 0.25) is 0 Å². The number of ether oxygens (including phenoxy) is 2. The van der Waals surface area contributed by atoms with Crippen LogP contribution in [0.5, 0.6) is 11.5 Å². The molecule has 7 heteroatoms. The van der Waals surface area contributed by atoms with Crippen LogP contribution in [0.15, 0.2) is 36.9 Å². The summed E-state index contributed by atoms with van der Waals surface area (Å²) < 4.78 is 12.5. The molecule has 1 heterocycles. The standard InChI is InChI=1S/C16H18N4O3/c1-22-15-9-13(10-17)3-4-14(15)23-11-16(21)19-5-2-7-20-8-6-18-12-20/h3-4,6,8-9,12H,2,5,7,11H2,1H3,(H,19,21). The highest BCUT2D eigenvalue weighted by atomic mass is 16.5. The van der Waals surface area contributed by atoms with Crippen LogP contribution in [0.1, 0.15) is 12.0 Å². The van der Waals surface area contributed by atoms with Gasteiger partial charge in [0.15, 0.2) is 18.1 Å². The first-order valence-electron chi connectivity index (χ1n) is 7.16. The molecular formula is C16H18N4O3. The fraction of sp³-hybridized carbons (Fsp3) is 0.312. The van der Waals surface area contributed by atoms with Crippen molar-refractivity contribution in [3.05, 3.63) is 42.5 Å². The number of imidazole rings is 1. The number of nitriles is 1. The molecule has 23 heavy (non-hydrogen) atoms. The van der Waals surface area contributed by atoms with E-state index in [1.807, 2.05) is 16.8 Å². The molecule has 0 aliphatic rings. The summed E-state index contributed by atoms with van der Waals surface area (Å²) in [4.78, 5) is 15.7. The van der Waals surface area contributed by atoms with E-state index in [2.05, 4.69) is 10.3 Å². The number of hydrogen-bond acceptors (Lipinski definition) is 5. The first-order valence-corrected chi connectivity index (χ1v) is 7.16. The van der Waals surface area contributed by atoms with Crippen molar-refractivity contribution in [3.63, 3.8) is 0 Å². The van der Waals surface area contributed by atoms with Crippen molar-refractivity contribution in [3.8, 4) is 17.6 Å². The van der Waals surface area contributed by atoms with Gasteiger partial charge in [-0.2, -0.15) is 5.26 Å². The van der Waals surface area contributed by atoms with Gasteiger partial charge in [-0.05, 0) is 18.6 Å². The van der Waals surface area contributed by atoms with E-state index in [4.69, 9.17) is 14.7 Å². The molecular weight excluding hydrogens is 296 g/mol. The van der Waals surface area contributed by atoms with Crippen LogP contribution in [0, 0.1) is 11.3 Å². The van der Waals surface area contributed by atoms with Crippen LogP contribution in [0.3, 0.4) is 0 Å². The molecule has 1 aromatic carbocycles. The van der Waals surface area contributed by atoms with Crippen molar-refractivity contribution in [1.82, 2.24) is 14.9 Å². The molecule has 0 bridgehead atoms. The van der Waals surface area contributed by atoms with Crippen molar-refractivity contribution in [2.75, 3.05) is 20.3 Å². The van der Waals surface area contributed by atoms with Gasteiger partial charge in [0.05, 0.1) is 25.1 Å². The van der Waals surface area contributed by atoms with Gasteiger partial charge in [0.25, 0.3) is 5.91 Å². The lowest BCUT2D eigenvalue weighted by atomic mass is 10.2. The maximum Gasteiger partial charge on any atom is 0.257 e. The molecule has 2 rings (SSSR count). The quantitative estimate of drug-likeness (QED) is 0.743. The molecule has 0 aliphatic heterocycles. The highest BCUT2D eigenvalue weighted by molar-refractivity contribution is 5.77. The van der Waals surface area contributed by atoms with Gasteiger partial charge in [-0.15, -0.1) is 0 Å². The number of aromatic nitrogens is 2. The summed E-state index contributed by atoms with van der Waals surface area (Å²) in [6.07, 6.45) is 6.14. The zero-order valence-electron chi connectivity index (χ0n) is 12.9. The number of aryl methyl sites for hydroxylation is 1. The lowest BCUT2D eigenvalue weighted by Crippen LogP contribution is -2.30. The van der Waals surface area contributed by atoms with Crippen LogP contribution >= 0.6 is 0 Å². The van der Waals surface area contributed by atoms with E-state index in [0.717, 1.165) is 13.0 Å². The minimum atomic E-state index is -0.206. The number of methoxy groups -OCH3 is 1. The lowest BCUT2D eigenvalue weighted by Gasteiger charge is -2.11. The third-order valence-electron chi connectivity index (χ3n) is 3.13. The summed E-state index contributed by atoms with van der Waals surface area (Å²) in [6, 6.07) is 6.81. The Kier molecular flexibility index (Phi) is 6.00. The molecule has 1 aromatic heterocycles. The van der Waals surface area contributed by atoms with Crippen molar-refractivity contribution in [1.29, 1.82) is 5.26 Å². The number of hydrogen-bond donors (Lipinski definition) is 1. The minimum Gasteiger partial charge on any atom is -0.493 e. The summed E-state index contributed by atoms with van der Waals surface area (Å²) in [6.45, 7) is 1.25. The Bertz CT molecular complexity index is 677. The summed E-state index contributed by atoms with van der Waals surface area (Å²) >= 11 is 0. The minimum absolute atomic E-state index is 0.104. The van der Waals surface area contributed by atoms with Gasteiger partial charge in [-0.3, -0.25) is 4.79 Å². The molecule has 1 amide bonds. The van der Waals surface area contributed by atoms with Crippen LogP contribution in [-0.4, -0.2) is 35.7 Å². The van der Waals surface area contributed by atoms with Gasteiger partial charge in [0.2, 0.25) is 0 Å². The fourth-order valence-electron chi connectivity index (χ4n) is 1.96. The molecule has 0 unspecified atom stereocenters. The third-order valence-corrected chi connectivity index (χ3v) is 3.13. The van der Waals surface area contributed by atoms with Crippen molar-refractivity contribution >= 4 is 5.91 Å². The number of amides is 1. The number of carbonyl (C=O) groups excluding carboxylic acids is 1. The summed E-state index contributed by atoms with van der Waals surface area (Å²) in [5, 5.41) is 11.6.